The molecule has 1 aliphatic rings. The molecule has 0 bridgehead atoms. The first kappa shape index (κ1) is 11.7. The lowest BCUT2D eigenvalue weighted by atomic mass is 9.89. The van der Waals surface area contributed by atoms with Gasteiger partial charge < -0.3 is 0 Å². The summed E-state index contributed by atoms with van der Waals surface area (Å²) in [6.45, 7) is 6.79. The summed E-state index contributed by atoms with van der Waals surface area (Å²) in [4.78, 5) is 13.6. The second-order valence-corrected chi connectivity index (χ2v) is 5.05. The Balaban J connectivity index is 2.53. The van der Waals surface area contributed by atoms with Crippen LogP contribution in [0.4, 0.5) is 0 Å². The summed E-state index contributed by atoms with van der Waals surface area (Å²) in [7, 11) is 2.20. The van der Waals surface area contributed by atoms with Gasteiger partial charge in [0.2, 0.25) is 0 Å². The zero-order valence-corrected chi connectivity index (χ0v) is 9.97. The molecule has 1 rings (SSSR count). The number of carbonyl (C=O) groups excluding carboxylic acids is 1. The minimum absolute atomic E-state index is 0.269. The van der Waals surface area contributed by atoms with Crippen molar-refractivity contribution in [1.82, 2.24) is 4.90 Å². The van der Waals surface area contributed by atoms with E-state index in [1.165, 1.54) is 0 Å². The SMILES string of the molecule is CCC(C)(C)N(C)C1CCC(=O)CC1. The van der Waals surface area contributed by atoms with Crippen molar-refractivity contribution in [3.8, 4) is 0 Å². The lowest BCUT2D eigenvalue weighted by Crippen LogP contribution is -2.48. The summed E-state index contributed by atoms with van der Waals surface area (Å²) < 4.78 is 0. The van der Waals surface area contributed by atoms with E-state index in [4.69, 9.17) is 0 Å². The lowest BCUT2D eigenvalue weighted by molar-refractivity contribution is -0.121. The smallest absolute Gasteiger partial charge is 0.133 e. The summed E-state index contributed by atoms with van der Waals surface area (Å²) in [5.74, 6) is 0.448. The van der Waals surface area contributed by atoms with Crippen molar-refractivity contribution in [3.05, 3.63) is 0 Å². The Morgan fingerprint density at radius 2 is 1.86 bits per heavy atom. The highest BCUT2D eigenvalue weighted by Gasteiger charge is 2.30. The number of ketones is 1. The molecule has 0 aromatic heterocycles. The Kier molecular flexibility index (Phi) is 3.71. The summed E-state index contributed by atoms with van der Waals surface area (Å²) in [6.07, 6.45) is 4.84. The molecule has 0 amide bonds. The average molecular weight is 197 g/mol. The van der Waals surface area contributed by atoms with Crippen LogP contribution in [-0.4, -0.2) is 29.3 Å². The van der Waals surface area contributed by atoms with Crippen LogP contribution in [0.1, 0.15) is 52.9 Å². The first-order chi connectivity index (χ1) is 6.47. The van der Waals surface area contributed by atoms with Crippen LogP contribution in [0.5, 0.6) is 0 Å². The zero-order chi connectivity index (χ0) is 10.8. The van der Waals surface area contributed by atoms with Crippen molar-refractivity contribution in [2.24, 2.45) is 0 Å². The fourth-order valence-corrected chi connectivity index (χ4v) is 2.06. The van der Waals surface area contributed by atoms with Crippen molar-refractivity contribution < 1.29 is 4.79 Å². The van der Waals surface area contributed by atoms with Crippen LogP contribution in [0.2, 0.25) is 0 Å². The minimum atomic E-state index is 0.269. The van der Waals surface area contributed by atoms with Crippen LogP contribution in [0.25, 0.3) is 0 Å². The summed E-state index contributed by atoms with van der Waals surface area (Å²) in [5.41, 5.74) is 0.269. The molecule has 0 unspecified atom stereocenters. The molecule has 0 spiro atoms. The first-order valence-corrected chi connectivity index (χ1v) is 5.72. The molecule has 14 heavy (non-hydrogen) atoms. The number of hydrogen-bond donors (Lipinski definition) is 0. The first-order valence-electron chi connectivity index (χ1n) is 5.72. The molecule has 82 valence electrons. The van der Waals surface area contributed by atoms with E-state index in [1.807, 2.05) is 0 Å². The molecule has 2 nitrogen and oxygen atoms in total. The van der Waals surface area contributed by atoms with Crippen LogP contribution in [0.3, 0.4) is 0 Å². The topological polar surface area (TPSA) is 20.3 Å². The molecular weight excluding hydrogens is 174 g/mol. The van der Waals surface area contributed by atoms with E-state index in [-0.39, 0.29) is 5.54 Å². The van der Waals surface area contributed by atoms with Gasteiger partial charge in [-0.1, -0.05) is 6.92 Å². The van der Waals surface area contributed by atoms with Gasteiger partial charge in [0, 0.05) is 24.4 Å². The molecule has 0 saturated heterocycles. The maximum Gasteiger partial charge on any atom is 0.133 e. The fourth-order valence-electron chi connectivity index (χ4n) is 2.06. The van der Waals surface area contributed by atoms with Gasteiger partial charge in [-0.25, -0.2) is 0 Å². The largest absolute Gasteiger partial charge is 0.300 e. The van der Waals surface area contributed by atoms with Gasteiger partial charge >= 0.3 is 0 Å². The van der Waals surface area contributed by atoms with Gasteiger partial charge in [-0.2, -0.15) is 0 Å². The molecule has 0 aliphatic heterocycles. The predicted octanol–water partition coefficient (Wildman–Crippen LogP) is 2.62. The Hall–Kier alpha value is -0.370. The standard InChI is InChI=1S/C12H23NO/c1-5-12(2,3)13(4)10-6-8-11(14)9-7-10/h10H,5-9H2,1-4H3. The zero-order valence-electron chi connectivity index (χ0n) is 9.97. The van der Waals surface area contributed by atoms with Crippen molar-refractivity contribution in [1.29, 1.82) is 0 Å². The molecule has 1 saturated carbocycles. The highest BCUT2D eigenvalue weighted by Crippen LogP contribution is 2.27. The highest BCUT2D eigenvalue weighted by molar-refractivity contribution is 5.79. The number of Topliss-reactive ketones (excluding diaryl/α,β-unsaturated/α-hetero) is 1. The van der Waals surface area contributed by atoms with Gasteiger partial charge in [0.25, 0.3) is 0 Å². The number of hydrogen-bond acceptors (Lipinski definition) is 2. The quantitative estimate of drug-likeness (QED) is 0.693. The van der Waals surface area contributed by atoms with Gasteiger partial charge in [0.05, 0.1) is 0 Å². The second-order valence-electron chi connectivity index (χ2n) is 5.05. The average Bonchev–Trinajstić information content (AvgIpc) is 2.18. The van der Waals surface area contributed by atoms with Crippen LogP contribution >= 0.6 is 0 Å². The van der Waals surface area contributed by atoms with E-state index in [2.05, 4.69) is 32.7 Å². The third-order valence-corrected chi connectivity index (χ3v) is 3.88. The van der Waals surface area contributed by atoms with E-state index in [0.29, 0.717) is 11.8 Å². The van der Waals surface area contributed by atoms with E-state index in [9.17, 15) is 4.79 Å². The Morgan fingerprint density at radius 3 is 2.29 bits per heavy atom. The van der Waals surface area contributed by atoms with Crippen LogP contribution in [-0.2, 0) is 4.79 Å². The Morgan fingerprint density at radius 1 is 1.36 bits per heavy atom. The molecule has 0 aromatic rings. The van der Waals surface area contributed by atoms with E-state index in [1.54, 1.807) is 0 Å². The third kappa shape index (κ3) is 2.57. The highest BCUT2D eigenvalue weighted by atomic mass is 16.1. The van der Waals surface area contributed by atoms with Crippen LogP contribution in [0.15, 0.2) is 0 Å². The minimum Gasteiger partial charge on any atom is -0.300 e. The maximum atomic E-state index is 11.1. The van der Waals surface area contributed by atoms with Gasteiger partial charge in [0.1, 0.15) is 5.78 Å². The van der Waals surface area contributed by atoms with Gasteiger partial charge in [-0.3, -0.25) is 9.69 Å². The number of carbonyl (C=O) groups is 1. The maximum absolute atomic E-state index is 11.1. The molecule has 0 heterocycles. The monoisotopic (exact) mass is 197 g/mol. The van der Waals surface area contributed by atoms with E-state index >= 15 is 0 Å². The van der Waals surface area contributed by atoms with Gasteiger partial charge in [-0.05, 0) is 40.2 Å². The van der Waals surface area contributed by atoms with E-state index in [0.717, 1.165) is 32.1 Å². The summed E-state index contributed by atoms with van der Waals surface area (Å²) >= 11 is 0. The van der Waals surface area contributed by atoms with Crippen LogP contribution < -0.4 is 0 Å². The molecule has 0 N–H and O–H groups in total. The number of nitrogens with zero attached hydrogens (tertiary/aromatic N) is 1. The molecule has 0 atom stereocenters. The molecule has 2 heteroatoms. The third-order valence-electron chi connectivity index (χ3n) is 3.88. The summed E-state index contributed by atoms with van der Waals surface area (Å²) in [6, 6.07) is 0.614. The molecule has 0 radical (unpaired) electrons. The fraction of sp³-hybridized carbons (Fsp3) is 0.917. The van der Waals surface area contributed by atoms with Gasteiger partial charge in [0.15, 0.2) is 0 Å². The normalized spacial score (nSPS) is 20.5. The number of rotatable bonds is 3. The van der Waals surface area contributed by atoms with E-state index < -0.39 is 0 Å². The summed E-state index contributed by atoms with van der Waals surface area (Å²) in [5, 5.41) is 0. The Bertz CT molecular complexity index is 200. The molecular formula is C12H23NO. The predicted molar refractivity (Wildman–Crippen MR) is 59.4 cm³/mol. The molecule has 1 aliphatic carbocycles. The van der Waals surface area contributed by atoms with Crippen molar-refractivity contribution >= 4 is 5.78 Å². The lowest BCUT2D eigenvalue weighted by Gasteiger charge is -2.42. The molecule has 1 fully saturated rings. The van der Waals surface area contributed by atoms with Crippen LogP contribution in [0, 0.1) is 0 Å². The van der Waals surface area contributed by atoms with Crippen molar-refractivity contribution in [3.63, 3.8) is 0 Å². The molecule has 0 aromatic carbocycles. The van der Waals surface area contributed by atoms with Gasteiger partial charge in [-0.15, -0.1) is 0 Å². The Labute approximate surface area is 87.7 Å². The van der Waals surface area contributed by atoms with Crippen molar-refractivity contribution in [2.45, 2.75) is 64.5 Å². The second kappa shape index (κ2) is 4.43. The van der Waals surface area contributed by atoms with Crippen molar-refractivity contribution in [2.75, 3.05) is 7.05 Å².